The van der Waals surface area contributed by atoms with Crippen molar-refractivity contribution in [3.8, 4) is 5.75 Å². The number of rotatable bonds is 5. The van der Waals surface area contributed by atoms with Crippen LogP contribution in [0.3, 0.4) is 0 Å². The van der Waals surface area contributed by atoms with Gasteiger partial charge in [-0.15, -0.1) is 11.8 Å². The number of halogens is 2. The van der Waals surface area contributed by atoms with Crippen molar-refractivity contribution in [2.45, 2.75) is 17.3 Å². The van der Waals surface area contributed by atoms with Crippen LogP contribution in [0, 0.1) is 0 Å². The first kappa shape index (κ1) is 17.0. The van der Waals surface area contributed by atoms with E-state index in [4.69, 9.17) is 16.3 Å². The maximum Gasteiger partial charge on any atom is 0.240 e. The molecule has 0 bridgehead atoms. The average Bonchev–Trinajstić information content (AvgIpc) is 2.48. The number of carbonyl (C=O) groups excluding carboxylic acids is 1. The summed E-state index contributed by atoms with van der Waals surface area (Å²) in [6.45, 7) is 2.62. The number of amides is 1. The summed E-state index contributed by atoms with van der Waals surface area (Å²) in [4.78, 5) is 14.1. The van der Waals surface area contributed by atoms with Crippen LogP contribution in [0.4, 0.5) is 0 Å². The summed E-state index contributed by atoms with van der Waals surface area (Å²) in [5, 5.41) is 0.609. The quantitative estimate of drug-likeness (QED) is 0.388. The van der Waals surface area contributed by atoms with Crippen LogP contribution < -0.4 is 4.74 Å². The summed E-state index contributed by atoms with van der Waals surface area (Å²) >= 11 is 10.2. The van der Waals surface area contributed by atoms with Gasteiger partial charge in [-0.05, 0) is 37.8 Å². The molecule has 2 rings (SSSR count). The molecule has 114 valence electrons. The Labute approximate surface area is 148 Å². The maximum atomic E-state index is 12.3. The number of ether oxygens (including phenoxy) is 1. The minimum absolute atomic E-state index is 0.00858. The zero-order valence-corrected chi connectivity index (χ0v) is 15.7. The molecule has 1 aliphatic heterocycles. The smallest absolute Gasteiger partial charge is 0.240 e. The number of carbonyl (C=O) groups is 1. The second-order valence-corrected chi connectivity index (χ2v) is 7.29. The van der Waals surface area contributed by atoms with Crippen LogP contribution in [0.5, 0.6) is 5.75 Å². The molecule has 1 aromatic rings. The molecule has 1 aliphatic rings. The van der Waals surface area contributed by atoms with E-state index in [9.17, 15) is 4.79 Å². The largest absolute Gasteiger partial charge is 0.483 e. The number of thioether (sulfide) groups is 1. The first-order valence-electron chi connectivity index (χ1n) is 6.65. The first-order chi connectivity index (χ1) is 10.1. The Morgan fingerprint density at radius 1 is 1.52 bits per heavy atom. The van der Waals surface area contributed by atoms with E-state index in [-0.39, 0.29) is 9.83 Å². The van der Waals surface area contributed by atoms with Gasteiger partial charge in [-0.3, -0.25) is 4.79 Å². The Balaban J connectivity index is 2.30. The van der Waals surface area contributed by atoms with Gasteiger partial charge in [0.15, 0.2) is 0 Å². The number of benzene rings is 1. The van der Waals surface area contributed by atoms with Crippen molar-refractivity contribution >= 4 is 57.6 Å². The Kier molecular flexibility index (Phi) is 6.25. The molecule has 0 fully saturated rings. The third-order valence-corrected chi connectivity index (χ3v) is 4.93. The van der Waals surface area contributed by atoms with E-state index in [1.165, 1.54) is 0 Å². The van der Waals surface area contributed by atoms with Crippen molar-refractivity contribution in [1.29, 1.82) is 0 Å². The number of hydrogen-bond donors (Lipinski definition) is 0. The molecule has 1 aromatic carbocycles. The number of alkyl halides is 1. The highest BCUT2D eigenvalue weighted by atomic mass is 127. The lowest BCUT2D eigenvalue weighted by Gasteiger charge is -2.30. The topological polar surface area (TPSA) is 29.5 Å². The summed E-state index contributed by atoms with van der Waals surface area (Å²) in [6.07, 6.45) is 4.81. The highest BCUT2D eigenvalue weighted by Crippen LogP contribution is 2.34. The molecule has 0 spiro atoms. The van der Waals surface area contributed by atoms with E-state index < -0.39 is 0 Å². The fraction of sp³-hybridized carbons (Fsp3) is 0.400. The van der Waals surface area contributed by atoms with E-state index in [0.29, 0.717) is 17.5 Å². The second-order valence-electron chi connectivity index (χ2n) is 4.57. The summed E-state index contributed by atoms with van der Waals surface area (Å²) in [7, 11) is 0. The minimum Gasteiger partial charge on any atom is -0.483 e. The number of hydrogen-bond acceptors (Lipinski definition) is 3. The highest BCUT2D eigenvalue weighted by Gasteiger charge is 2.28. The van der Waals surface area contributed by atoms with Crippen molar-refractivity contribution < 1.29 is 9.53 Å². The molecule has 1 heterocycles. The van der Waals surface area contributed by atoms with Crippen LogP contribution >= 0.6 is 46.0 Å². The van der Waals surface area contributed by atoms with Gasteiger partial charge in [-0.2, -0.15) is 0 Å². The van der Waals surface area contributed by atoms with Crippen molar-refractivity contribution in [3.05, 3.63) is 34.9 Å². The van der Waals surface area contributed by atoms with E-state index in [1.54, 1.807) is 16.7 Å². The first-order valence-corrected chi connectivity index (χ1v) is 9.67. The summed E-state index contributed by atoms with van der Waals surface area (Å²) < 4.78 is 5.56. The van der Waals surface area contributed by atoms with Gasteiger partial charge < -0.3 is 9.64 Å². The Bertz CT molecular complexity index is 565. The molecule has 1 amide bonds. The molecule has 3 nitrogen and oxygen atoms in total. The standard InChI is InChI=1S/C15H17ClINO2S/c1-3-18-14(7-6-13(17)15(18)19)11-5-4-10(8-12(11)16)20-9-21-2/h4-5,7-8,13H,3,6,9H2,1-2H3. The van der Waals surface area contributed by atoms with Crippen molar-refractivity contribution in [2.24, 2.45) is 0 Å². The SMILES string of the molecule is CCN1C(=O)C(I)CC=C1c1ccc(OCSC)cc1Cl. The van der Waals surface area contributed by atoms with Crippen LogP contribution in [-0.2, 0) is 4.79 Å². The summed E-state index contributed by atoms with van der Waals surface area (Å²) in [5.41, 5.74) is 1.78. The molecule has 0 aromatic heterocycles. The van der Waals surface area contributed by atoms with Gasteiger partial charge in [-0.25, -0.2) is 0 Å². The van der Waals surface area contributed by atoms with E-state index in [1.807, 2.05) is 31.4 Å². The van der Waals surface area contributed by atoms with Gasteiger partial charge >= 0.3 is 0 Å². The van der Waals surface area contributed by atoms with Crippen molar-refractivity contribution in [1.82, 2.24) is 4.90 Å². The molecule has 0 saturated heterocycles. The lowest BCUT2D eigenvalue weighted by Crippen LogP contribution is -2.38. The fourth-order valence-electron chi connectivity index (χ4n) is 2.22. The molecule has 0 aliphatic carbocycles. The van der Waals surface area contributed by atoms with Gasteiger partial charge in [0.1, 0.15) is 11.7 Å². The average molecular weight is 438 g/mol. The molecule has 0 N–H and O–H groups in total. The minimum atomic E-state index is 0.00858. The van der Waals surface area contributed by atoms with Gasteiger partial charge in [0, 0.05) is 17.8 Å². The Morgan fingerprint density at radius 2 is 2.29 bits per heavy atom. The zero-order valence-electron chi connectivity index (χ0n) is 11.9. The molecule has 6 heteroatoms. The monoisotopic (exact) mass is 437 g/mol. The van der Waals surface area contributed by atoms with Gasteiger partial charge in [0.05, 0.1) is 8.95 Å². The Morgan fingerprint density at radius 3 is 2.90 bits per heavy atom. The van der Waals surface area contributed by atoms with E-state index >= 15 is 0 Å². The molecular formula is C15H17ClINO2S. The van der Waals surface area contributed by atoms with Crippen LogP contribution in [-0.4, -0.2) is 33.5 Å². The molecular weight excluding hydrogens is 421 g/mol. The fourth-order valence-corrected chi connectivity index (χ4v) is 3.33. The molecule has 0 saturated carbocycles. The third kappa shape index (κ3) is 3.87. The Hall–Kier alpha value is -0.400. The maximum absolute atomic E-state index is 12.3. The van der Waals surface area contributed by atoms with E-state index in [0.717, 1.165) is 23.4 Å². The third-order valence-electron chi connectivity index (χ3n) is 3.22. The normalized spacial score (nSPS) is 18.7. The number of nitrogens with zero attached hydrogens (tertiary/aromatic N) is 1. The molecule has 1 unspecified atom stereocenters. The predicted octanol–water partition coefficient (Wildman–Crippen LogP) is 4.44. The van der Waals surface area contributed by atoms with Crippen LogP contribution in [0.15, 0.2) is 24.3 Å². The van der Waals surface area contributed by atoms with Crippen LogP contribution in [0.2, 0.25) is 5.02 Å². The highest BCUT2D eigenvalue weighted by molar-refractivity contribution is 14.1. The van der Waals surface area contributed by atoms with Gasteiger partial charge in [0.25, 0.3) is 0 Å². The van der Waals surface area contributed by atoms with Crippen LogP contribution in [0.25, 0.3) is 5.70 Å². The summed E-state index contributed by atoms with van der Waals surface area (Å²) in [5.74, 6) is 1.49. The van der Waals surface area contributed by atoms with Crippen molar-refractivity contribution in [2.75, 3.05) is 18.7 Å². The lowest BCUT2D eigenvalue weighted by molar-refractivity contribution is -0.127. The zero-order chi connectivity index (χ0) is 15.4. The van der Waals surface area contributed by atoms with Gasteiger partial charge in [0.2, 0.25) is 5.91 Å². The molecule has 21 heavy (non-hydrogen) atoms. The predicted molar refractivity (Wildman–Crippen MR) is 98.3 cm³/mol. The van der Waals surface area contributed by atoms with Gasteiger partial charge in [-0.1, -0.05) is 40.3 Å². The molecule has 0 radical (unpaired) electrons. The van der Waals surface area contributed by atoms with E-state index in [2.05, 4.69) is 28.7 Å². The lowest BCUT2D eigenvalue weighted by atomic mass is 10.0. The van der Waals surface area contributed by atoms with Crippen LogP contribution in [0.1, 0.15) is 18.9 Å². The molecule has 1 atom stereocenters. The summed E-state index contributed by atoms with van der Waals surface area (Å²) in [6, 6.07) is 5.63. The second kappa shape index (κ2) is 7.74. The van der Waals surface area contributed by atoms with Crippen molar-refractivity contribution in [3.63, 3.8) is 0 Å². The number of allylic oxidation sites excluding steroid dienone is 1.